The van der Waals surface area contributed by atoms with Gasteiger partial charge in [0.15, 0.2) is 5.96 Å². The van der Waals surface area contributed by atoms with Gasteiger partial charge in [-0.1, -0.05) is 13.3 Å². The Morgan fingerprint density at radius 2 is 1.67 bits per heavy atom. The van der Waals surface area contributed by atoms with Gasteiger partial charge < -0.3 is 20.1 Å². The van der Waals surface area contributed by atoms with Gasteiger partial charge in [0.2, 0.25) is 0 Å². The zero-order chi connectivity index (χ0) is 13.5. The van der Waals surface area contributed by atoms with E-state index in [1.807, 2.05) is 6.92 Å². The molecule has 0 aromatic rings. The van der Waals surface area contributed by atoms with Crippen molar-refractivity contribution in [3.05, 3.63) is 0 Å². The van der Waals surface area contributed by atoms with Gasteiger partial charge in [0.25, 0.3) is 0 Å². The van der Waals surface area contributed by atoms with Crippen LogP contribution in [0.5, 0.6) is 0 Å². The molecule has 0 unspecified atom stereocenters. The predicted molar refractivity (Wildman–Crippen MR) is 76.2 cm³/mol. The molecule has 0 aliphatic rings. The Bertz CT molecular complexity index is 199. The zero-order valence-corrected chi connectivity index (χ0v) is 12.1. The molecule has 2 N–H and O–H groups in total. The van der Waals surface area contributed by atoms with E-state index in [4.69, 9.17) is 9.47 Å². The minimum Gasteiger partial charge on any atom is -0.382 e. The zero-order valence-electron chi connectivity index (χ0n) is 12.1. The summed E-state index contributed by atoms with van der Waals surface area (Å²) >= 11 is 0. The molecular weight excluding hydrogens is 230 g/mol. The van der Waals surface area contributed by atoms with E-state index in [1.165, 1.54) is 6.42 Å². The molecule has 0 rings (SSSR count). The minimum atomic E-state index is 0.722. The number of hydrogen-bond donors (Lipinski definition) is 2. The molecule has 0 bridgehead atoms. The smallest absolute Gasteiger partial charge is 0.191 e. The first-order chi connectivity index (χ1) is 8.85. The Hall–Kier alpha value is -0.810. The van der Waals surface area contributed by atoms with Gasteiger partial charge in [0.05, 0.1) is 6.61 Å². The van der Waals surface area contributed by atoms with Crippen LogP contribution in [0.25, 0.3) is 0 Å². The second kappa shape index (κ2) is 14.3. The summed E-state index contributed by atoms with van der Waals surface area (Å²) in [4.78, 5) is 4.14. The number of unbranched alkanes of at least 4 members (excludes halogenated alkanes) is 1. The van der Waals surface area contributed by atoms with Crippen molar-refractivity contribution in [1.82, 2.24) is 10.6 Å². The highest BCUT2D eigenvalue weighted by atomic mass is 16.5. The highest BCUT2D eigenvalue weighted by Gasteiger charge is 1.96. The third kappa shape index (κ3) is 11.7. The molecule has 18 heavy (non-hydrogen) atoms. The van der Waals surface area contributed by atoms with Crippen LogP contribution < -0.4 is 10.6 Å². The number of ether oxygens (including phenoxy) is 2. The molecule has 108 valence electrons. The third-order valence-corrected chi connectivity index (χ3v) is 2.37. The van der Waals surface area contributed by atoms with E-state index in [0.29, 0.717) is 0 Å². The van der Waals surface area contributed by atoms with Gasteiger partial charge in [-0.3, -0.25) is 4.99 Å². The second-order valence-electron chi connectivity index (χ2n) is 3.94. The van der Waals surface area contributed by atoms with Gasteiger partial charge in [-0.15, -0.1) is 0 Å². The number of guanidine groups is 1. The van der Waals surface area contributed by atoms with Gasteiger partial charge in [-0.25, -0.2) is 0 Å². The standard InChI is InChI=1S/C13H29N3O2/c1-4-6-10-18-12-9-16-13(14-3)15-8-7-11-17-5-2/h4-12H2,1-3H3,(H2,14,15,16). The largest absolute Gasteiger partial charge is 0.382 e. The summed E-state index contributed by atoms with van der Waals surface area (Å²) in [5, 5.41) is 6.44. The summed E-state index contributed by atoms with van der Waals surface area (Å²) in [5.41, 5.74) is 0. The Morgan fingerprint density at radius 1 is 0.944 bits per heavy atom. The lowest BCUT2D eigenvalue weighted by Gasteiger charge is -2.11. The lowest BCUT2D eigenvalue weighted by molar-refractivity contribution is 0.135. The normalized spacial score (nSPS) is 11.6. The van der Waals surface area contributed by atoms with Crippen LogP contribution in [-0.4, -0.2) is 52.5 Å². The quantitative estimate of drug-likeness (QED) is 0.334. The fourth-order valence-electron chi connectivity index (χ4n) is 1.34. The fourth-order valence-corrected chi connectivity index (χ4v) is 1.34. The molecule has 5 nitrogen and oxygen atoms in total. The SMILES string of the molecule is CCCCOCCNC(=NC)NCCCOCC. The summed E-state index contributed by atoms with van der Waals surface area (Å²) in [6.45, 7) is 8.97. The summed E-state index contributed by atoms with van der Waals surface area (Å²) in [6, 6.07) is 0. The first kappa shape index (κ1) is 17.2. The van der Waals surface area contributed by atoms with Crippen molar-refractivity contribution in [2.24, 2.45) is 4.99 Å². The molecule has 0 aromatic carbocycles. The molecule has 0 fully saturated rings. The molecule has 0 aliphatic carbocycles. The summed E-state index contributed by atoms with van der Waals surface area (Å²) < 4.78 is 10.7. The number of nitrogens with one attached hydrogen (secondary N) is 2. The molecule has 0 amide bonds. The minimum absolute atomic E-state index is 0.722. The van der Waals surface area contributed by atoms with Crippen LogP contribution in [0.3, 0.4) is 0 Å². The van der Waals surface area contributed by atoms with Crippen LogP contribution in [0.2, 0.25) is 0 Å². The van der Waals surface area contributed by atoms with Crippen LogP contribution in [0.4, 0.5) is 0 Å². The van der Waals surface area contributed by atoms with Crippen LogP contribution in [-0.2, 0) is 9.47 Å². The van der Waals surface area contributed by atoms with Crippen molar-refractivity contribution in [2.75, 3.05) is 46.6 Å². The molecule has 0 saturated carbocycles. The highest BCUT2D eigenvalue weighted by molar-refractivity contribution is 5.79. The van der Waals surface area contributed by atoms with E-state index < -0.39 is 0 Å². The third-order valence-electron chi connectivity index (χ3n) is 2.37. The van der Waals surface area contributed by atoms with Crippen LogP contribution in [0, 0.1) is 0 Å². The average molecular weight is 259 g/mol. The Kier molecular flexibility index (Phi) is 13.6. The number of nitrogens with zero attached hydrogens (tertiary/aromatic N) is 1. The van der Waals surface area contributed by atoms with Crippen LogP contribution >= 0.6 is 0 Å². The second-order valence-corrected chi connectivity index (χ2v) is 3.94. The fraction of sp³-hybridized carbons (Fsp3) is 0.923. The monoisotopic (exact) mass is 259 g/mol. The first-order valence-corrected chi connectivity index (χ1v) is 6.95. The maximum Gasteiger partial charge on any atom is 0.191 e. The molecule has 5 heteroatoms. The van der Waals surface area contributed by atoms with Crippen LogP contribution in [0.1, 0.15) is 33.1 Å². The summed E-state index contributed by atoms with van der Waals surface area (Å²) in [7, 11) is 1.77. The van der Waals surface area contributed by atoms with E-state index in [-0.39, 0.29) is 0 Å². The van der Waals surface area contributed by atoms with Crippen molar-refractivity contribution in [2.45, 2.75) is 33.1 Å². The topological polar surface area (TPSA) is 54.9 Å². The lowest BCUT2D eigenvalue weighted by Crippen LogP contribution is -2.39. The number of hydrogen-bond acceptors (Lipinski definition) is 3. The van der Waals surface area contributed by atoms with Crippen molar-refractivity contribution >= 4 is 5.96 Å². The van der Waals surface area contributed by atoms with Gasteiger partial charge in [-0.05, 0) is 19.8 Å². The van der Waals surface area contributed by atoms with Gasteiger partial charge in [0.1, 0.15) is 0 Å². The van der Waals surface area contributed by atoms with Crippen molar-refractivity contribution in [3.63, 3.8) is 0 Å². The lowest BCUT2D eigenvalue weighted by atomic mass is 10.4. The average Bonchev–Trinajstić information content (AvgIpc) is 2.40. The van der Waals surface area contributed by atoms with E-state index in [9.17, 15) is 0 Å². The Labute approximate surface area is 111 Å². The molecule has 0 aliphatic heterocycles. The molecular formula is C13H29N3O2. The Morgan fingerprint density at radius 3 is 2.33 bits per heavy atom. The summed E-state index contributed by atoms with van der Waals surface area (Å²) in [5.74, 6) is 0.825. The van der Waals surface area contributed by atoms with E-state index in [1.54, 1.807) is 7.05 Å². The molecule has 0 aromatic heterocycles. The van der Waals surface area contributed by atoms with Crippen LogP contribution in [0.15, 0.2) is 4.99 Å². The van der Waals surface area contributed by atoms with E-state index in [2.05, 4.69) is 22.5 Å². The first-order valence-electron chi connectivity index (χ1n) is 6.95. The number of rotatable bonds is 11. The maximum absolute atomic E-state index is 5.46. The summed E-state index contributed by atoms with van der Waals surface area (Å²) in [6.07, 6.45) is 3.29. The molecule has 0 heterocycles. The molecule has 0 saturated heterocycles. The van der Waals surface area contributed by atoms with Gasteiger partial charge in [0, 0.05) is 40.0 Å². The van der Waals surface area contributed by atoms with Crippen molar-refractivity contribution < 1.29 is 9.47 Å². The van der Waals surface area contributed by atoms with Crippen molar-refractivity contribution in [1.29, 1.82) is 0 Å². The highest BCUT2D eigenvalue weighted by Crippen LogP contribution is 1.86. The van der Waals surface area contributed by atoms with Gasteiger partial charge in [-0.2, -0.15) is 0 Å². The van der Waals surface area contributed by atoms with Gasteiger partial charge >= 0.3 is 0 Å². The molecule has 0 spiro atoms. The Balaban J connectivity index is 3.36. The molecule has 0 radical (unpaired) electrons. The predicted octanol–water partition coefficient (Wildman–Crippen LogP) is 1.39. The van der Waals surface area contributed by atoms with E-state index >= 15 is 0 Å². The van der Waals surface area contributed by atoms with E-state index in [0.717, 1.165) is 58.3 Å². The van der Waals surface area contributed by atoms with Crippen molar-refractivity contribution in [3.8, 4) is 0 Å². The number of aliphatic imine (C=N–C) groups is 1. The molecule has 0 atom stereocenters. The maximum atomic E-state index is 5.46.